The van der Waals surface area contributed by atoms with E-state index in [2.05, 4.69) is 34.7 Å². The molecule has 0 bridgehead atoms. The van der Waals surface area contributed by atoms with Gasteiger partial charge in [0.1, 0.15) is 25.3 Å². The molecule has 0 aromatic heterocycles. The number of aliphatic hydroxyl groups is 1. The Morgan fingerprint density at radius 2 is 1.22 bits per heavy atom. The van der Waals surface area contributed by atoms with E-state index >= 15 is 0 Å². The second kappa shape index (κ2) is 23.4. The van der Waals surface area contributed by atoms with Crippen molar-refractivity contribution in [3.63, 3.8) is 0 Å². The summed E-state index contributed by atoms with van der Waals surface area (Å²) in [7, 11) is 0. The molecule has 0 saturated heterocycles. The number of carbonyl (C=O) groups excluding carboxylic acids is 4. The smallest absolute Gasteiger partial charge is 0.407 e. The first kappa shape index (κ1) is 49.3. The van der Waals surface area contributed by atoms with Crippen molar-refractivity contribution in [3.8, 4) is 11.1 Å². The minimum Gasteiger partial charge on any atom is -0.461 e. The van der Waals surface area contributed by atoms with E-state index in [1.807, 2.05) is 141 Å². The molecule has 10 nitrogen and oxygen atoms in total. The van der Waals surface area contributed by atoms with Crippen LogP contribution in [0.1, 0.15) is 59.6 Å². The number of benzene rings is 6. The van der Waals surface area contributed by atoms with Crippen molar-refractivity contribution in [2.24, 2.45) is 5.92 Å². The van der Waals surface area contributed by atoms with Crippen LogP contribution in [0.3, 0.4) is 0 Å². The van der Waals surface area contributed by atoms with Crippen LogP contribution in [0.25, 0.3) is 11.1 Å². The molecular weight excluding hydrogens is 894 g/mol. The molecule has 4 N–H and O–H groups in total. The first-order valence-corrected chi connectivity index (χ1v) is 24.1. The summed E-state index contributed by atoms with van der Waals surface area (Å²) in [6, 6.07) is 49.5. The van der Waals surface area contributed by atoms with E-state index in [1.54, 1.807) is 24.3 Å². The van der Waals surface area contributed by atoms with Crippen LogP contribution in [-0.2, 0) is 35.0 Å². The molecule has 68 heavy (non-hydrogen) atoms. The SMILES string of the molecule is C=CCOC(=O)C[C@H](O)[C@H](NC(=O)[C@@H](CSC(c1ccccc1)(c1ccccc1)c1ccccc1)NC(=O)[C@@H](Cc1cccc(Cl)c1)NC(=O)OCC1c2ccccc2-c2ccccc21)C(C)C. The molecule has 4 atom stereocenters. The minimum atomic E-state index is -1.32. The van der Waals surface area contributed by atoms with Gasteiger partial charge in [0.25, 0.3) is 0 Å². The fraction of sp³-hybridized carbons (Fsp3) is 0.250. The molecule has 1 aliphatic carbocycles. The van der Waals surface area contributed by atoms with Gasteiger partial charge in [-0.05, 0) is 62.6 Å². The number of thioether (sulfide) groups is 1. The molecule has 7 rings (SSSR count). The van der Waals surface area contributed by atoms with Crippen LogP contribution in [0.4, 0.5) is 4.79 Å². The molecule has 6 aromatic rings. The van der Waals surface area contributed by atoms with Gasteiger partial charge >= 0.3 is 12.1 Å². The van der Waals surface area contributed by atoms with Crippen molar-refractivity contribution in [2.75, 3.05) is 19.0 Å². The van der Waals surface area contributed by atoms with Crippen LogP contribution in [-0.4, -0.2) is 72.2 Å². The zero-order valence-corrected chi connectivity index (χ0v) is 39.6. The Balaban J connectivity index is 1.21. The molecule has 3 amide bonds. The molecular formula is C56H56ClN3O7S. The van der Waals surface area contributed by atoms with Gasteiger partial charge in [0.2, 0.25) is 11.8 Å². The molecule has 0 fully saturated rings. The summed E-state index contributed by atoms with van der Waals surface area (Å²) in [5.41, 5.74) is 7.72. The number of fused-ring (bicyclic) bond motifs is 3. The lowest BCUT2D eigenvalue weighted by molar-refractivity contribution is -0.145. The largest absolute Gasteiger partial charge is 0.461 e. The Kier molecular flexibility index (Phi) is 16.9. The molecule has 6 aromatic carbocycles. The lowest BCUT2D eigenvalue weighted by Gasteiger charge is -2.37. The Bertz CT molecular complexity index is 2530. The molecule has 0 spiro atoms. The first-order chi connectivity index (χ1) is 33.0. The molecule has 0 aliphatic heterocycles. The average molecular weight is 951 g/mol. The standard InChI is InChI=1S/C56H56ClN3O7S/c1-4-31-66-51(62)34-50(61)52(37(2)3)60-54(64)49(36-68-56(39-20-8-5-9-21-39,40-22-10-6-11-23-40)41-24-12-7-13-25-41)58-53(63)48(33-38-19-18-26-42(57)32-38)59-55(65)67-35-47-45-29-16-14-27-43(45)44-28-15-17-30-46(44)47/h4-30,32,37,47-50,52,61H,1,31,33-36H2,2-3H3,(H,58,63)(H,59,65)(H,60,64)/t48-,49-,50+,52-/m1/s1. The third-order valence-corrected chi connectivity index (χ3v) is 14.0. The van der Waals surface area contributed by atoms with Crippen molar-refractivity contribution in [3.05, 3.63) is 215 Å². The maximum Gasteiger partial charge on any atom is 0.407 e. The van der Waals surface area contributed by atoms with Crippen LogP contribution in [0.5, 0.6) is 0 Å². The Hall–Kier alpha value is -6.66. The number of alkyl carbamates (subject to hydrolysis) is 1. The summed E-state index contributed by atoms with van der Waals surface area (Å²) < 4.78 is 10.2. The summed E-state index contributed by atoms with van der Waals surface area (Å²) in [5.74, 6) is -2.45. The number of halogens is 1. The highest BCUT2D eigenvalue weighted by molar-refractivity contribution is 8.00. The van der Waals surface area contributed by atoms with Gasteiger partial charge in [0.15, 0.2) is 0 Å². The van der Waals surface area contributed by atoms with Gasteiger partial charge in [0, 0.05) is 23.1 Å². The number of carbonyl (C=O) groups is 4. The quantitative estimate of drug-likeness (QED) is 0.0318. The van der Waals surface area contributed by atoms with Gasteiger partial charge < -0.3 is 30.5 Å². The molecule has 0 unspecified atom stereocenters. The maximum atomic E-state index is 14.9. The fourth-order valence-corrected chi connectivity index (χ4v) is 10.6. The summed E-state index contributed by atoms with van der Waals surface area (Å²) in [4.78, 5) is 56.3. The third kappa shape index (κ3) is 11.9. The van der Waals surface area contributed by atoms with Gasteiger partial charge in [-0.25, -0.2) is 4.79 Å². The minimum absolute atomic E-state index is 0.0141. The molecule has 350 valence electrons. The summed E-state index contributed by atoms with van der Waals surface area (Å²) in [6.07, 6.45) is -1.07. The zero-order valence-electron chi connectivity index (χ0n) is 38.1. The number of nitrogens with one attached hydrogen (secondary N) is 3. The predicted octanol–water partition coefficient (Wildman–Crippen LogP) is 9.62. The molecule has 0 radical (unpaired) electrons. The van der Waals surface area contributed by atoms with E-state index < -0.39 is 52.9 Å². The molecule has 12 heteroatoms. The van der Waals surface area contributed by atoms with E-state index in [0.717, 1.165) is 38.9 Å². The highest BCUT2D eigenvalue weighted by atomic mass is 35.5. The lowest BCUT2D eigenvalue weighted by atomic mass is 9.84. The van der Waals surface area contributed by atoms with E-state index in [4.69, 9.17) is 21.1 Å². The normalized spacial score (nSPS) is 13.8. The van der Waals surface area contributed by atoms with E-state index in [-0.39, 0.29) is 43.6 Å². The van der Waals surface area contributed by atoms with Crippen LogP contribution in [0.15, 0.2) is 176 Å². The summed E-state index contributed by atoms with van der Waals surface area (Å²) in [5, 5.41) is 20.6. The van der Waals surface area contributed by atoms with Gasteiger partial charge in [-0.2, -0.15) is 0 Å². The fourth-order valence-electron chi connectivity index (χ4n) is 8.80. The van der Waals surface area contributed by atoms with Crippen LogP contribution >= 0.6 is 23.4 Å². The number of esters is 1. The first-order valence-electron chi connectivity index (χ1n) is 22.7. The second-order valence-electron chi connectivity index (χ2n) is 17.0. The highest BCUT2D eigenvalue weighted by Crippen LogP contribution is 2.49. The van der Waals surface area contributed by atoms with Crippen molar-refractivity contribution in [1.29, 1.82) is 0 Å². The van der Waals surface area contributed by atoms with Crippen molar-refractivity contribution < 1.29 is 33.8 Å². The van der Waals surface area contributed by atoms with Gasteiger partial charge in [-0.3, -0.25) is 14.4 Å². The second-order valence-corrected chi connectivity index (χ2v) is 18.7. The zero-order chi connectivity index (χ0) is 48.0. The molecule has 0 saturated carbocycles. The highest BCUT2D eigenvalue weighted by Gasteiger charge is 2.40. The average Bonchev–Trinajstić information content (AvgIpc) is 3.68. The van der Waals surface area contributed by atoms with Crippen molar-refractivity contribution >= 4 is 47.2 Å². The Morgan fingerprint density at radius 3 is 1.75 bits per heavy atom. The number of amides is 3. The van der Waals surface area contributed by atoms with Crippen molar-refractivity contribution in [2.45, 2.75) is 61.6 Å². The van der Waals surface area contributed by atoms with E-state index in [1.165, 1.54) is 17.8 Å². The number of ether oxygens (including phenoxy) is 2. The maximum absolute atomic E-state index is 14.9. The Labute approximate surface area is 407 Å². The third-order valence-electron chi connectivity index (χ3n) is 12.1. The summed E-state index contributed by atoms with van der Waals surface area (Å²) in [6.45, 7) is 7.20. The van der Waals surface area contributed by atoms with Crippen LogP contribution in [0.2, 0.25) is 5.02 Å². The van der Waals surface area contributed by atoms with Crippen LogP contribution < -0.4 is 16.0 Å². The number of rotatable bonds is 21. The number of hydrogen-bond acceptors (Lipinski definition) is 8. The lowest BCUT2D eigenvalue weighted by Crippen LogP contribution is -2.58. The van der Waals surface area contributed by atoms with E-state index in [9.17, 15) is 24.3 Å². The number of aliphatic hydroxyl groups excluding tert-OH is 1. The monoisotopic (exact) mass is 949 g/mol. The van der Waals surface area contributed by atoms with Crippen molar-refractivity contribution in [1.82, 2.24) is 16.0 Å². The van der Waals surface area contributed by atoms with Gasteiger partial charge in [-0.1, -0.05) is 190 Å². The van der Waals surface area contributed by atoms with Crippen LogP contribution in [0, 0.1) is 5.92 Å². The van der Waals surface area contributed by atoms with Gasteiger partial charge in [-0.15, -0.1) is 11.8 Å². The topological polar surface area (TPSA) is 143 Å². The molecule has 0 heterocycles. The van der Waals surface area contributed by atoms with Gasteiger partial charge in [0.05, 0.1) is 23.3 Å². The number of hydrogen-bond donors (Lipinski definition) is 4. The van der Waals surface area contributed by atoms with E-state index in [0.29, 0.717) is 10.6 Å². The Morgan fingerprint density at radius 1 is 0.691 bits per heavy atom. The predicted molar refractivity (Wildman–Crippen MR) is 269 cm³/mol. The summed E-state index contributed by atoms with van der Waals surface area (Å²) >= 11 is 7.88. The molecule has 1 aliphatic rings.